The lowest BCUT2D eigenvalue weighted by Crippen LogP contribution is -2.59. The molecule has 1 saturated heterocycles. The fraction of sp³-hybridized carbons (Fsp3) is 0.650. The fourth-order valence-corrected chi connectivity index (χ4v) is 4.11. The highest BCUT2D eigenvalue weighted by Crippen LogP contribution is 2.19. The third-order valence-electron chi connectivity index (χ3n) is 5.44. The van der Waals surface area contributed by atoms with E-state index in [9.17, 15) is 29.4 Å². The number of H-pyrrole nitrogens is 1. The highest BCUT2D eigenvalue weighted by Gasteiger charge is 2.38. The van der Waals surface area contributed by atoms with Crippen LogP contribution in [0.3, 0.4) is 0 Å². The average molecular weight is 485 g/mol. The van der Waals surface area contributed by atoms with E-state index in [1.54, 1.807) is 11.8 Å². The number of likely N-dealkylation sites (tertiary alicyclic amines) is 1. The van der Waals surface area contributed by atoms with Gasteiger partial charge < -0.3 is 36.5 Å². The number of hydrogen-bond donors (Lipinski definition) is 6. The van der Waals surface area contributed by atoms with Gasteiger partial charge in [-0.3, -0.25) is 14.4 Å². The quantitative estimate of drug-likeness (QED) is 0.204. The summed E-state index contributed by atoms with van der Waals surface area (Å²) in [6.07, 6.45) is 4.87. The maximum Gasteiger partial charge on any atom is 0.326 e. The third kappa shape index (κ3) is 7.44. The summed E-state index contributed by atoms with van der Waals surface area (Å²) < 4.78 is 0. The van der Waals surface area contributed by atoms with Crippen molar-refractivity contribution in [1.29, 1.82) is 0 Å². The number of imidazole rings is 1. The summed E-state index contributed by atoms with van der Waals surface area (Å²) in [5.74, 6) is -2.34. The van der Waals surface area contributed by atoms with Crippen LogP contribution < -0.4 is 16.4 Å². The monoisotopic (exact) mass is 484 g/mol. The molecule has 33 heavy (non-hydrogen) atoms. The minimum Gasteiger partial charge on any atom is -0.480 e. The normalized spacial score (nSPS) is 19.4. The van der Waals surface area contributed by atoms with Crippen LogP contribution >= 0.6 is 11.8 Å². The molecular weight excluding hydrogens is 452 g/mol. The first kappa shape index (κ1) is 26.6. The molecule has 1 aromatic heterocycles. The number of aliphatic hydroxyl groups is 1. The molecule has 1 aromatic rings. The Hall–Kier alpha value is -2.64. The number of hydrogen-bond acceptors (Lipinski definition) is 8. The number of nitrogens with two attached hydrogens (primary N) is 1. The topological polar surface area (TPSA) is 191 Å². The Morgan fingerprint density at radius 2 is 2.09 bits per heavy atom. The van der Waals surface area contributed by atoms with Crippen molar-refractivity contribution < 1.29 is 29.4 Å². The van der Waals surface area contributed by atoms with Crippen LogP contribution in [0.2, 0.25) is 0 Å². The van der Waals surface area contributed by atoms with Crippen LogP contribution in [-0.2, 0) is 25.6 Å². The van der Waals surface area contributed by atoms with E-state index in [0.717, 1.165) is 0 Å². The van der Waals surface area contributed by atoms with Crippen LogP contribution in [-0.4, -0.2) is 97.6 Å². The van der Waals surface area contributed by atoms with Gasteiger partial charge in [0.25, 0.3) is 0 Å². The van der Waals surface area contributed by atoms with Gasteiger partial charge >= 0.3 is 5.97 Å². The van der Waals surface area contributed by atoms with E-state index in [1.807, 2.05) is 6.26 Å². The minimum atomic E-state index is -1.40. The van der Waals surface area contributed by atoms with Crippen molar-refractivity contribution in [2.45, 2.75) is 62.9 Å². The summed E-state index contributed by atoms with van der Waals surface area (Å²) in [7, 11) is 0. The number of nitrogens with zero attached hydrogens (tertiary/aromatic N) is 2. The van der Waals surface area contributed by atoms with Gasteiger partial charge in [0, 0.05) is 24.9 Å². The van der Waals surface area contributed by atoms with Crippen molar-refractivity contribution in [3.05, 3.63) is 18.2 Å². The van der Waals surface area contributed by atoms with Gasteiger partial charge in [0.15, 0.2) is 0 Å². The second-order valence-corrected chi connectivity index (χ2v) is 8.97. The largest absolute Gasteiger partial charge is 0.480 e. The molecule has 0 radical (unpaired) electrons. The Morgan fingerprint density at radius 3 is 2.67 bits per heavy atom. The van der Waals surface area contributed by atoms with Gasteiger partial charge in [-0.05, 0) is 38.2 Å². The second-order valence-electron chi connectivity index (χ2n) is 7.98. The summed E-state index contributed by atoms with van der Waals surface area (Å²) in [6.45, 7) is 1.69. The molecule has 1 aliphatic heterocycles. The molecule has 0 aliphatic carbocycles. The van der Waals surface area contributed by atoms with Crippen molar-refractivity contribution in [3.63, 3.8) is 0 Å². The highest BCUT2D eigenvalue weighted by molar-refractivity contribution is 7.98. The molecule has 0 saturated carbocycles. The molecule has 5 atom stereocenters. The summed E-state index contributed by atoms with van der Waals surface area (Å²) >= 11 is 1.57. The third-order valence-corrected chi connectivity index (χ3v) is 6.09. The standard InChI is InChI=1S/C20H32N6O6S/c1-11(27)16(18(29)24-14(20(31)32)8-12-9-22-10-23-12)25-17(28)15-4-3-6-26(15)19(30)13(21)5-7-33-2/h9-11,13-16,27H,3-8,21H2,1-2H3,(H,22,23)(H,24,29)(H,25,28)(H,31,32). The highest BCUT2D eigenvalue weighted by atomic mass is 32.2. The SMILES string of the molecule is CSCCC(N)C(=O)N1CCCC1C(=O)NC(C(=O)NC(Cc1cnc[nH]1)C(=O)O)C(C)O. The molecule has 1 fully saturated rings. The summed E-state index contributed by atoms with van der Waals surface area (Å²) in [6, 6.07) is -4.23. The molecule has 5 unspecified atom stereocenters. The van der Waals surface area contributed by atoms with Crippen LogP contribution in [0.5, 0.6) is 0 Å². The molecular formula is C20H32N6O6S. The van der Waals surface area contributed by atoms with Crippen LogP contribution in [0.4, 0.5) is 0 Å². The zero-order valence-electron chi connectivity index (χ0n) is 18.7. The molecule has 7 N–H and O–H groups in total. The number of aromatic nitrogens is 2. The van der Waals surface area contributed by atoms with Gasteiger partial charge in [-0.2, -0.15) is 11.8 Å². The maximum atomic E-state index is 12.9. The number of carbonyl (C=O) groups is 4. The zero-order valence-corrected chi connectivity index (χ0v) is 19.5. The van der Waals surface area contributed by atoms with E-state index in [1.165, 1.54) is 24.3 Å². The Kier molecular flexibility index (Phi) is 10.1. The van der Waals surface area contributed by atoms with Gasteiger partial charge in [0.05, 0.1) is 18.5 Å². The molecule has 1 aliphatic rings. The lowest BCUT2D eigenvalue weighted by Gasteiger charge is -2.29. The number of carboxylic acid groups (broad SMARTS) is 1. The summed E-state index contributed by atoms with van der Waals surface area (Å²) in [5, 5.41) is 24.4. The molecule has 184 valence electrons. The van der Waals surface area contributed by atoms with Gasteiger partial charge in [0.1, 0.15) is 18.1 Å². The van der Waals surface area contributed by atoms with E-state index in [0.29, 0.717) is 37.3 Å². The van der Waals surface area contributed by atoms with Crippen LogP contribution in [0.1, 0.15) is 31.9 Å². The Bertz CT molecular complexity index is 820. The summed E-state index contributed by atoms with van der Waals surface area (Å²) in [4.78, 5) is 57.9. The van der Waals surface area contributed by atoms with E-state index in [2.05, 4.69) is 20.6 Å². The smallest absolute Gasteiger partial charge is 0.326 e. The molecule has 2 heterocycles. The van der Waals surface area contributed by atoms with E-state index >= 15 is 0 Å². The molecule has 0 bridgehead atoms. The second kappa shape index (κ2) is 12.6. The van der Waals surface area contributed by atoms with Gasteiger partial charge in [-0.15, -0.1) is 0 Å². The Morgan fingerprint density at radius 1 is 1.36 bits per heavy atom. The molecule has 12 nitrogen and oxygen atoms in total. The number of aliphatic carboxylic acids is 1. The molecule has 0 aromatic carbocycles. The molecule has 13 heteroatoms. The van der Waals surface area contributed by atoms with Crippen LogP contribution in [0, 0.1) is 0 Å². The maximum absolute atomic E-state index is 12.9. The zero-order chi connectivity index (χ0) is 24.5. The van der Waals surface area contributed by atoms with Crippen molar-refractivity contribution in [2.24, 2.45) is 5.73 Å². The predicted molar refractivity (Wildman–Crippen MR) is 121 cm³/mol. The van der Waals surface area contributed by atoms with Crippen LogP contribution in [0.15, 0.2) is 12.5 Å². The van der Waals surface area contributed by atoms with Gasteiger partial charge in [0.2, 0.25) is 17.7 Å². The number of carbonyl (C=O) groups excluding carboxylic acids is 3. The number of aromatic amines is 1. The van der Waals surface area contributed by atoms with E-state index < -0.39 is 48.1 Å². The minimum absolute atomic E-state index is 0.0552. The first-order valence-electron chi connectivity index (χ1n) is 10.7. The van der Waals surface area contributed by atoms with Gasteiger partial charge in [-0.1, -0.05) is 0 Å². The molecule has 3 amide bonds. The molecule has 0 spiro atoms. The van der Waals surface area contributed by atoms with E-state index in [4.69, 9.17) is 5.73 Å². The van der Waals surface area contributed by atoms with Gasteiger partial charge in [-0.25, -0.2) is 9.78 Å². The fourth-order valence-electron chi connectivity index (χ4n) is 3.62. The summed E-state index contributed by atoms with van der Waals surface area (Å²) in [5.41, 5.74) is 6.48. The lowest BCUT2D eigenvalue weighted by atomic mass is 10.1. The van der Waals surface area contributed by atoms with Crippen molar-refractivity contribution in [2.75, 3.05) is 18.6 Å². The van der Waals surface area contributed by atoms with Crippen molar-refractivity contribution in [1.82, 2.24) is 25.5 Å². The number of amides is 3. The van der Waals surface area contributed by atoms with Crippen molar-refractivity contribution in [3.8, 4) is 0 Å². The lowest BCUT2D eigenvalue weighted by molar-refractivity contribution is -0.144. The van der Waals surface area contributed by atoms with Crippen molar-refractivity contribution >= 4 is 35.5 Å². The number of aliphatic hydroxyl groups excluding tert-OH is 1. The predicted octanol–water partition coefficient (Wildman–Crippen LogP) is -1.54. The van der Waals surface area contributed by atoms with E-state index in [-0.39, 0.29) is 12.3 Å². The molecule has 2 rings (SSSR count). The van der Waals surface area contributed by atoms with Crippen LogP contribution in [0.25, 0.3) is 0 Å². The number of rotatable bonds is 12. The number of carboxylic acids is 1. The average Bonchev–Trinajstić information content (AvgIpc) is 3.46. The Balaban J connectivity index is 2.04. The number of nitrogens with one attached hydrogen (secondary N) is 3. The first-order chi connectivity index (χ1) is 15.6. The Labute approximate surface area is 196 Å². The number of thioether (sulfide) groups is 1. The first-order valence-corrected chi connectivity index (χ1v) is 12.1.